The molecular formula is C13H18BrN3O2. The van der Waals surface area contributed by atoms with Crippen molar-refractivity contribution < 1.29 is 4.79 Å². The third-order valence-corrected chi connectivity index (χ3v) is 3.85. The number of rotatable bonds is 4. The van der Waals surface area contributed by atoms with E-state index >= 15 is 0 Å². The minimum Gasteiger partial charge on any atom is -0.333 e. The molecule has 0 bridgehead atoms. The van der Waals surface area contributed by atoms with E-state index in [-0.39, 0.29) is 11.5 Å². The van der Waals surface area contributed by atoms with Gasteiger partial charge in [-0.25, -0.2) is 5.10 Å². The molecule has 1 aliphatic carbocycles. The van der Waals surface area contributed by atoms with Gasteiger partial charge in [0, 0.05) is 24.0 Å². The maximum Gasteiger partial charge on any atom is 0.274 e. The Kier molecular flexibility index (Phi) is 5.13. The van der Waals surface area contributed by atoms with Crippen LogP contribution in [0.25, 0.3) is 0 Å². The molecule has 0 radical (unpaired) electrons. The van der Waals surface area contributed by atoms with E-state index in [4.69, 9.17) is 0 Å². The summed E-state index contributed by atoms with van der Waals surface area (Å²) in [5.41, 5.74) is 0.0207. The van der Waals surface area contributed by atoms with Crippen molar-refractivity contribution in [3.63, 3.8) is 0 Å². The lowest BCUT2D eigenvalue weighted by Gasteiger charge is -2.33. The number of nitrogens with zero attached hydrogens (tertiary/aromatic N) is 2. The van der Waals surface area contributed by atoms with Crippen molar-refractivity contribution in [3.05, 3.63) is 28.2 Å². The lowest BCUT2D eigenvalue weighted by atomic mass is 9.94. The van der Waals surface area contributed by atoms with Gasteiger partial charge in [0.1, 0.15) is 5.69 Å². The Bertz CT molecular complexity index is 463. The zero-order valence-corrected chi connectivity index (χ0v) is 12.4. The number of halogens is 1. The summed E-state index contributed by atoms with van der Waals surface area (Å²) >= 11 is 3.40. The van der Waals surface area contributed by atoms with Gasteiger partial charge in [-0.2, -0.15) is 5.10 Å². The van der Waals surface area contributed by atoms with Crippen LogP contribution in [0.5, 0.6) is 0 Å². The number of carbonyl (C=O) groups excluding carboxylic acids is 1. The van der Waals surface area contributed by atoms with Gasteiger partial charge in [0.05, 0.1) is 0 Å². The molecule has 0 atom stereocenters. The highest BCUT2D eigenvalue weighted by molar-refractivity contribution is 9.09. The average Bonchev–Trinajstić information content (AvgIpc) is 2.46. The number of aromatic nitrogens is 2. The van der Waals surface area contributed by atoms with Crippen LogP contribution >= 0.6 is 15.9 Å². The molecule has 1 aromatic heterocycles. The summed E-state index contributed by atoms with van der Waals surface area (Å²) in [5, 5.41) is 6.90. The van der Waals surface area contributed by atoms with Gasteiger partial charge < -0.3 is 4.90 Å². The second-order valence-corrected chi connectivity index (χ2v) is 5.58. The second-order valence-electron chi connectivity index (χ2n) is 4.79. The highest BCUT2D eigenvalue weighted by atomic mass is 79.9. The van der Waals surface area contributed by atoms with E-state index < -0.39 is 0 Å². The topological polar surface area (TPSA) is 66.1 Å². The average molecular weight is 328 g/mol. The Morgan fingerprint density at radius 1 is 1.37 bits per heavy atom. The van der Waals surface area contributed by atoms with Crippen LogP contribution in [0.3, 0.4) is 0 Å². The number of carbonyl (C=O) groups is 1. The highest BCUT2D eigenvalue weighted by Gasteiger charge is 2.26. The molecule has 1 N–H and O–H groups in total. The number of aromatic amines is 1. The Morgan fingerprint density at radius 2 is 2.11 bits per heavy atom. The van der Waals surface area contributed by atoms with Crippen LogP contribution in [-0.4, -0.2) is 38.9 Å². The lowest BCUT2D eigenvalue weighted by Crippen LogP contribution is -2.43. The smallest absolute Gasteiger partial charge is 0.274 e. The molecule has 0 aromatic carbocycles. The lowest BCUT2D eigenvalue weighted by molar-refractivity contribution is 0.0643. The van der Waals surface area contributed by atoms with Crippen LogP contribution in [0.4, 0.5) is 0 Å². The Labute approximate surface area is 120 Å². The van der Waals surface area contributed by atoms with Crippen LogP contribution < -0.4 is 5.56 Å². The quantitative estimate of drug-likeness (QED) is 0.859. The van der Waals surface area contributed by atoms with Gasteiger partial charge in [-0.05, 0) is 18.9 Å². The number of hydrogen-bond acceptors (Lipinski definition) is 3. The summed E-state index contributed by atoms with van der Waals surface area (Å²) in [5.74, 6) is -0.0948. The molecule has 0 spiro atoms. The molecule has 1 fully saturated rings. The SMILES string of the molecule is O=C(c1ccc(=O)[nH]n1)N(CCBr)C1CCCCC1. The normalized spacial score (nSPS) is 16.3. The van der Waals surface area contributed by atoms with Gasteiger partial charge in [-0.1, -0.05) is 35.2 Å². The first-order valence-electron chi connectivity index (χ1n) is 6.65. The van der Waals surface area contributed by atoms with Crippen molar-refractivity contribution in [1.82, 2.24) is 15.1 Å². The fourth-order valence-corrected chi connectivity index (χ4v) is 2.93. The fourth-order valence-electron chi connectivity index (χ4n) is 2.54. The van der Waals surface area contributed by atoms with E-state index in [1.54, 1.807) is 0 Å². The second kappa shape index (κ2) is 6.84. The van der Waals surface area contributed by atoms with Crippen LogP contribution in [0, 0.1) is 0 Å². The maximum absolute atomic E-state index is 12.5. The number of H-pyrrole nitrogens is 1. The molecule has 6 heteroatoms. The molecule has 104 valence electrons. The molecule has 1 aliphatic rings. The number of amides is 1. The molecule has 1 saturated carbocycles. The Morgan fingerprint density at radius 3 is 2.68 bits per heavy atom. The minimum atomic E-state index is -0.291. The summed E-state index contributed by atoms with van der Waals surface area (Å²) in [4.78, 5) is 25.3. The third-order valence-electron chi connectivity index (χ3n) is 3.50. The largest absolute Gasteiger partial charge is 0.333 e. The highest BCUT2D eigenvalue weighted by Crippen LogP contribution is 2.23. The van der Waals surface area contributed by atoms with Crippen molar-refractivity contribution in [1.29, 1.82) is 0 Å². The van der Waals surface area contributed by atoms with E-state index in [0.717, 1.165) is 18.2 Å². The zero-order valence-electron chi connectivity index (χ0n) is 10.8. The van der Waals surface area contributed by atoms with Gasteiger partial charge in [0.2, 0.25) is 0 Å². The molecule has 19 heavy (non-hydrogen) atoms. The van der Waals surface area contributed by atoms with Crippen LogP contribution in [0.2, 0.25) is 0 Å². The van der Waals surface area contributed by atoms with E-state index in [1.165, 1.54) is 31.4 Å². The van der Waals surface area contributed by atoms with Crippen molar-refractivity contribution >= 4 is 21.8 Å². The van der Waals surface area contributed by atoms with Crippen LogP contribution in [0.15, 0.2) is 16.9 Å². The van der Waals surface area contributed by atoms with Crippen molar-refractivity contribution in [2.24, 2.45) is 0 Å². The molecule has 2 rings (SSSR count). The van der Waals surface area contributed by atoms with E-state index in [1.807, 2.05) is 4.90 Å². The first-order valence-corrected chi connectivity index (χ1v) is 7.77. The van der Waals surface area contributed by atoms with Gasteiger partial charge >= 0.3 is 0 Å². The molecular weight excluding hydrogens is 310 g/mol. The molecule has 5 nitrogen and oxygen atoms in total. The third kappa shape index (κ3) is 3.65. The summed E-state index contributed by atoms with van der Waals surface area (Å²) in [7, 11) is 0. The van der Waals surface area contributed by atoms with E-state index in [9.17, 15) is 9.59 Å². The van der Waals surface area contributed by atoms with Crippen molar-refractivity contribution in [3.8, 4) is 0 Å². The van der Waals surface area contributed by atoms with Gasteiger partial charge in [-0.3, -0.25) is 9.59 Å². The zero-order chi connectivity index (χ0) is 13.7. The summed E-state index contributed by atoms with van der Waals surface area (Å²) in [6.45, 7) is 0.671. The molecule has 0 aliphatic heterocycles. The predicted octanol–water partition coefficient (Wildman–Crippen LogP) is 1.94. The summed E-state index contributed by atoms with van der Waals surface area (Å²) < 4.78 is 0. The number of hydrogen-bond donors (Lipinski definition) is 1. The van der Waals surface area contributed by atoms with E-state index in [2.05, 4.69) is 26.1 Å². The first-order chi connectivity index (χ1) is 9.22. The number of alkyl halides is 1. The van der Waals surface area contributed by atoms with Crippen LogP contribution in [0.1, 0.15) is 42.6 Å². The molecule has 0 saturated heterocycles. The molecule has 1 amide bonds. The molecule has 1 aromatic rings. The minimum absolute atomic E-state index is 0.0948. The maximum atomic E-state index is 12.5. The van der Waals surface area contributed by atoms with Crippen molar-refractivity contribution in [2.45, 2.75) is 38.1 Å². The van der Waals surface area contributed by atoms with Gasteiger partial charge in [0.25, 0.3) is 11.5 Å². The van der Waals surface area contributed by atoms with Crippen molar-refractivity contribution in [2.75, 3.05) is 11.9 Å². The summed E-state index contributed by atoms with van der Waals surface area (Å²) in [6, 6.07) is 3.13. The van der Waals surface area contributed by atoms with Crippen LogP contribution in [-0.2, 0) is 0 Å². The first kappa shape index (κ1) is 14.2. The van der Waals surface area contributed by atoms with Gasteiger partial charge in [0.15, 0.2) is 0 Å². The predicted molar refractivity (Wildman–Crippen MR) is 76.6 cm³/mol. The Hall–Kier alpha value is -1.17. The monoisotopic (exact) mass is 327 g/mol. The fraction of sp³-hybridized carbons (Fsp3) is 0.615. The standard InChI is InChI=1S/C13H18BrN3O2/c14-8-9-17(10-4-2-1-3-5-10)13(19)11-6-7-12(18)16-15-11/h6-7,10H,1-5,8-9H2,(H,16,18). The van der Waals surface area contributed by atoms with E-state index in [0.29, 0.717) is 18.3 Å². The molecule has 0 unspecified atom stereocenters. The molecule has 1 heterocycles. The number of nitrogens with one attached hydrogen (secondary N) is 1. The Balaban J connectivity index is 2.15. The summed E-state index contributed by atoms with van der Waals surface area (Å²) in [6.07, 6.45) is 5.72. The van der Waals surface area contributed by atoms with Gasteiger partial charge in [-0.15, -0.1) is 0 Å².